The Bertz CT molecular complexity index is 1030. The van der Waals surface area contributed by atoms with E-state index in [2.05, 4.69) is 27.9 Å². The number of carbonyl (C=O) groups is 3. The van der Waals surface area contributed by atoms with E-state index in [1.165, 1.54) is 17.5 Å². The fourth-order valence-corrected chi connectivity index (χ4v) is 5.68. The van der Waals surface area contributed by atoms with Crippen molar-refractivity contribution in [3.8, 4) is 0 Å². The number of benzene rings is 1. The van der Waals surface area contributed by atoms with Crippen LogP contribution in [0.5, 0.6) is 0 Å². The number of Topliss-reactive ketones (excluding diaryl/α,β-unsaturated/α-hetero) is 1. The first kappa shape index (κ1) is 25.3. The molecule has 2 fully saturated rings. The second kappa shape index (κ2) is 11.3. The van der Waals surface area contributed by atoms with Crippen LogP contribution < -0.4 is 16.0 Å². The minimum atomic E-state index is -0.737. The number of ether oxygens (including phenoxy) is 1. The molecule has 1 aromatic heterocycles. The van der Waals surface area contributed by atoms with Crippen molar-refractivity contribution in [2.45, 2.75) is 77.1 Å². The zero-order valence-electron chi connectivity index (χ0n) is 20.3. The Labute approximate surface area is 210 Å². The summed E-state index contributed by atoms with van der Waals surface area (Å²) >= 11 is 1.25. The molecule has 0 radical (unpaired) electrons. The Balaban J connectivity index is 1.42. The molecule has 2 aromatic rings. The Morgan fingerprint density at radius 1 is 1.23 bits per heavy atom. The molecule has 8 nitrogen and oxygen atoms in total. The normalized spacial score (nSPS) is 22.1. The van der Waals surface area contributed by atoms with Crippen LogP contribution in [0.3, 0.4) is 0 Å². The largest absolute Gasteiger partial charge is 0.368 e. The van der Waals surface area contributed by atoms with Gasteiger partial charge in [-0.2, -0.15) is 0 Å². The second-order valence-corrected chi connectivity index (χ2v) is 10.9. The first-order chi connectivity index (χ1) is 16.9. The third-order valence-corrected chi connectivity index (χ3v) is 7.96. The number of hydrogen-bond donors (Lipinski definition) is 3. The van der Waals surface area contributed by atoms with Crippen LogP contribution in [-0.2, 0) is 20.9 Å². The van der Waals surface area contributed by atoms with Gasteiger partial charge in [-0.1, -0.05) is 68.4 Å². The van der Waals surface area contributed by atoms with Gasteiger partial charge >= 0.3 is 0 Å². The maximum Gasteiger partial charge on any atom is 0.263 e. The lowest BCUT2D eigenvalue weighted by Crippen LogP contribution is -2.54. The lowest BCUT2D eigenvalue weighted by molar-refractivity contribution is -0.128. The minimum absolute atomic E-state index is 0.0117. The average molecular weight is 499 g/mol. The van der Waals surface area contributed by atoms with Crippen molar-refractivity contribution in [2.75, 3.05) is 11.9 Å². The van der Waals surface area contributed by atoms with E-state index in [1.807, 2.05) is 37.3 Å². The van der Waals surface area contributed by atoms with Gasteiger partial charge in [0.05, 0.1) is 12.3 Å². The Kier molecular flexibility index (Phi) is 8.18. The van der Waals surface area contributed by atoms with Gasteiger partial charge in [-0.3, -0.25) is 14.4 Å². The number of nitrogens with one attached hydrogen (secondary N) is 3. The molecular formula is C26H34N4O4S. The van der Waals surface area contributed by atoms with Gasteiger partial charge in [0.15, 0.2) is 10.9 Å². The summed E-state index contributed by atoms with van der Waals surface area (Å²) < 4.78 is 5.50. The summed E-state index contributed by atoms with van der Waals surface area (Å²) in [7, 11) is 0. The summed E-state index contributed by atoms with van der Waals surface area (Å²) in [5.74, 6) is -0.794. The third-order valence-electron chi connectivity index (χ3n) is 7.00. The molecule has 2 amide bonds. The van der Waals surface area contributed by atoms with E-state index in [9.17, 15) is 14.4 Å². The highest BCUT2D eigenvalue weighted by Crippen LogP contribution is 2.41. The molecule has 3 atom stereocenters. The number of ketones is 1. The van der Waals surface area contributed by atoms with Crippen LogP contribution in [0.4, 0.5) is 5.13 Å². The topological polar surface area (TPSA) is 109 Å². The number of anilines is 1. The Hall–Kier alpha value is -2.78. The second-order valence-electron chi connectivity index (χ2n) is 9.83. The number of aromatic nitrogens is 1. The maximum atomic E-state index is 13.3. The van der Waals surface area contributed by atoms with Gasteiger partial charge in [-0.05, 0) is 36.7 Å². The minimum Gasteiger partial charge on any atom is -0.368 e. The monoisotopic (exact) mass is 498 g/mol. The Morgan fingerprint density at radius 2 is 1.97 bits per heavy atom. The number of amides is 2. The standard InChI is InChI=1S/C26H34N4O4S/c1-3-20-22(19(31)16-34-20)30-23(32)18(13-26(2)11-7-8-12-26)29-24(33)21-15-28-25(35-21)27-14-17-9-5-4-6-10-17/h4-6,9-10,15,18,20,22H,3,7-8,11-14,16H2,1-2H3,(H,27,28)(H,29,33)(H,30,32)/t18-,20-,22+/m0/s1. The first-order valence-electron chi connectivity index (χ1n) is 12.4. The summed E-state index contributed by atoms with van der Waals surface area (Å²) in [6, 6.07) is 8.55. The van der Waals surface area contributed by atoms with Crippen LogP contribution in [0, 0.1) is 5.41 Å². The van der Waals surface area contributed by atoms with E-state index in [0.29, 0.717) is 29.4 Å². The molecule has 1 aliphatic carbocycles. The van der Waals surface area contributed by atoms with Crippen molar-refractivity contribution in [3.63, 3.8) is 0 Å². The molecule has 2 heterocycles. The fraction of sp³-hybridized carbons (Fsp3) is 0.538. The predicted octanol–water partition coefficient (Wildman–Crippen LogP) is 3.69. The van der Waals surface area contributed by atoms with Gasteiger partial charge in [-0.15, -0.1) is 0 Å². The fourth-order valence-electron chi connectivity index (χ4n) is 4.96. The zero-order valence-corrected chi connectivity index (χ0v) is 21.2. The number of rotatable bonds is 10. The van der Waals surface area contributed by atoms with Crippen molar-refractivity contribution < 1.29 is 19.1 Å². The lowest BCUT2D eigenvalue weighted by atomic mass is 9.81. The van der Waals surface area contributed by atoms with Crippen LogP contribution in [0.25, 0.3) is 0 Å². The molecule has 35 heavy (non-hydrogen) atoms. The molecular weight excluding hydrogens is 464 g/mol. The molecule has 0 unspecified atom stereocenters. The van der Waals surface area contributed by atoms with Crippen molar-refractivity contribution >= 4 is 34.1 Å². The van der Waals surface area contributed by atoms with E-state index in [-0.39, 0.29) is 35.7 Å². The van der Waals surface area contributed by atoms with Crippen molar-refractivity contribution in [2.24, 2.45) is 5.41 Å². The van der Waals surface area contributed by atoms with Crippen LogP contribution in [-0.4, -0.2) is 47.4 Å². The van der Waals surface area contributed by atoms with Crippen LogP contribution >= 0.6 is 11.3 Å². The number of thiazole rings is 1. The van der Waals surface area contributed by atoms with Crippen molar-refractivity contribution in [1.29, 1.82) is 0 Å². The predicted molar refractivity (Wildman–Crippen MR) is 135 cm³/mol. The van der Waals surface area contributed by atoms with Gasteiger partial charge in [-0.25, -0.2) is 4.98 Å². The maximum absolute atomic E-state index is 13.3. The molecule has 4 rings (SSSR count). The molecule has 1 aromatic carbocycles. The van der Waals surface area contributed by atoms with E-state index in [1.54, 1.807) is 0 Å². The third kappa shape index (κ3) is 6.46. The number of carbonyl (C=O) groups excluding carboxylic acids is 3. The van der Waals surface area contributed by atoms with Crippen LogP contribution in [0.2, 0.25) is 0 Å². The smallest absolute Gasteiger partial charge is 0.263 e. The molecule has 1 aliphatic heterocycles. The van der Waals surface area contributed by atoms with Gasteiger partial charge < -0.3 is 20.7 Å². The summed E-state index contributed by atoms with van der Waals surface area (Å²) in [6.07, 6.45) is 6.64. The summed E-state index contributed by atoms with van der Waals surface area (Å²) in [4.78, 5) is 43.4. The number of hydrogen-bond acceptors (Lipinski definition) is 7. The SMILES string of the molecule is CC[C@@H]1OCC(=O)[C@H]1NC(=O)[C@H](CC1(C)CCCC1)NC(=O)c1cnc(NCc2ccccc2)s1. The van der Waals surface area contributed by atoms with Crippen molar-refractivity contribution in [1.82, 2.24) is 15.6 Å². The lowest BCUT2D eigenvalue weighted by Gasteiger charge is -2.30. The summed E-state index contributed by atoms with van der Waals surface area (Å²) in [5.41, 5.74) is 1.09. The van der Waals surface area contributed by atoms with Crippen LogP contribution in [0.15, 0.2) is 36.5 Å². The van der Waals surface area contributed by atoms with Gasteiger partial charge in [0.1, 0.15) is 23.6 Å². The first-order valence-corrected chi connectivity index (χ1v) is 13.2. The molecule has 0 bridgehead atoms. The van der Waals surface area contributed by atoms with E-state index >= 15 is 0 Å². The van der Waals surface area contributed by atoms with Gasteiger partial charge in [0, 0.05) is 6.54 Å². The molecule has 1 saturated carbocycles. The van der Waals surface area contributed by atoms with E-state index < -0.39 is 12.1 Å². The molecule has 9 heteroatoms. The molecule has 1 saturated heterocycles. The number of nitrogens with zero attached hydrogens (tertiary/aromatic N) is 1. The van der Waals surface area contributed by atoms with E-state index in [4.69, 9.17) is 4.74 Å². The quantitative estimate of drug-likeness (QED) is 0.461. The highest BCUT2D eigenvalue weighted by Gasteiger charge is 2.40. The Morgan fingerprint density at radius 3 is 2.69 bits per heavy atom. The molecule has 2 aliphatic rings. The van der Waals surface area contributed by atoms with Crippen LogP contribution in [0.1, 0.15) is 67.6 Å². The van der Waals surface area contributed by atoms with Gasteiger partial charge in [0.25, 0.3) is 5.91 Å². The zero-order chi connectivity index (χ0) is 24.8. The molecule has 0 spiro atoms. The van der Waals surface area contributed by atoms with E-state index in [0.717, 1.165) is 31.2 Å². The summed E-state index contributed by atoms with van der Waals surface area (Å²) in [6.45, 7) is 4.71. The molecule has 188 valence electrons. The highest BCUT2D eigenvalue weighted by molar-refractivity contribution is 7.17. The molecule has 3 N–H and O–H groups in total. The summed E-state index contributed by atoms with van der Waals surface area (Å²) in [5, 5.41) is 9.68. The highest BCUT2D eigenvalue weighted by atomic mass is 32.1. The van der Waals surface area contributed by atoms with Gasteiger partial charge in [0.2, 0.25) is 5.91 Å². The van der Waals surface area contributed by atoms with Crippen molar-refractivity contribution in [3.05, 3.63) is 47.0 Å². The average Bonchev–Trinajstić information content (AvgIpc) is 3.59.